The van der Waals surface area contributed by atoms with Crippen LogP contribution in [0.2, 0.25) is 0 Å². The van der Waals surface area contributed by atoms with Crippen LogP contribution in [0.1, 0.15) is 30.0 Å². The van der Waals surface area contributed by atoms with Gasteiger partial charge in [0, 0.05) is 12.1 Å². The number of methoxy groups -OCH3 is 2. The lowest BCUT2D eigenvalue weighted by Crippen LogP contribution is -2.31. The van der Waals surface area contributed by atoms with Gasteiger partial charge >= 0.3 is 6.09 Å². The Labute approximate surface area is 148 Å². The van der Waals surface area contributed by atoms with E-state index in [0.29, 0.717) is 6.54 Å². The molecular formula is C20H23NO4. The molecule has 5 heteroatoms. The third kappa shape index (κ3) is 3.87. The molecule has 0 radical (unpaired) electrons. The summed E-state index contributed by atoms with van der Waals surface area (Å²) in [4.78, 5) is 14.4. The molecule has 2 aromatic rings. The van der Waals surface area contributed by atoms with E-state index >= 15 is 0 Å². The van der Waals surface area contributed by atoms with E-state index in [4.69, 9.17) is 14.2 Å². The fraction of sp³-hybridized carbons (Fsp3) is 0.350. The molecule has 1 heterocycles. The number of likely N-dealkylation sites (tertiary alicyclic amines) is 1. The molecular weight excluding hydrogens is 318 g/mol. The molecule has 25 heavy (non-hydrogen) atoms. The Balaban J connectivity index is 1.75. The average molecular weight is 341 g/mol. The van der Waals surface area contributed by atoms with Gasteiger partial charge in [-0.25, -0.2) is 4.79 Å². The minimum atomic E-state index is -0.295. The highest BCUT2D eigenvalue weighted by molar-refractivity contribution is 5.69. The van der Waals surface area contributed by atoms with Crippen LogP contribution in [0.25, 0.3) is 0 Å². The van der Waals surface area contributed by atoms with Gasteiger partial charge in [0.1, 0.15) is 18.1 Å². The normalized spacial score (nSPS) is 16.6. The Kier molecular flexibility index (Phi) is 5.43. The van der Waals surface area contributed by atoms with E-state index in [1.807, 2.05) is 48.5 Å². The second kappa shape index (κ2) is 7.92. The largest absolute Gasteiger partial charge is 0.497 e. The van der Waals surface area contributed by atoms with Gasteiger partial charge in [-0.05, 0) is 36.6 Å². The van der Waals surface area contributed by atoms with E-state index in [0.717, 1.165) is 35.5 Å². The molecule has 2 aromatic carbocycles. The van der Waals surface area contributed by atoms with Crippen LogP contribution in [0.3, 0.4) is 0 Å². The van der Waals surface area contributed by atoms with Crippen LogP contribution in [0, 0.1) is 0 Å². The highest BCUT2D eigenvalue weighted by Crippen LogP contribution is 2.39. The summed E-state index contributed by atoms with van der Waals surface area (Å²) in [7, 11) is 3.27. The lowest BCUT2D eigenvalue weighted by atomic mass is 10.0. The lowest BCUT2D eigenvalue weighted by Gasteiger charge is -2.26. The van der Waals surface area contributed by atoms with E-state index in [1.165, 1.54) is 0 Å². The molecule has 1 fully saturated rings. The van der Waals surface area contributed by atoms with E-state index in [-0.39, 0.29) is 18.7 Å². The van der Waals surface area contributed by atoms with E-state index < -0.39 is 0 Å². The quantitative estimate of drug-likeness (QED) is 0.819. The molecule has 0 spiro atoms. The number of benzene rings is 2. The third-order valence-corrected chi connectivity index (χ3v) is 4.49. The Morgan fingerprint density at radius 2 is 1.92 bits per heavy atom. The van der Waals surface area contributed by atoms with Gasteiger partial charge in [0.25, 0.3) is 0 Å². The van der Waals surface area contributed by atoms with Gasteiger partial charge in [-0.2, -0.15) is 0 Å². The van der Waals surface area contributed by atoms with Crippen LogP contribution in [0.4, 0.5) is 4.79 Å². The zero-order valence-electron chi connectivity index (χ0n) is 14.6. The molecule has 0 saturated carbocycles. The predicted molar refractivity (Wildman–Crippen MR) is 94.9 cm³/mol. The summed E-state index contributed by atoms with van der Waals surface area (Å²) in [5.74, 6) is 1.51. The third-order valence-electron chi connectivity index (χ3n) is 4.49. The van der Waals surface area contributed by atoms with Gasteiger partial charge in [0.2, 0.25) is 0 Å². The lowest BCUT2D eigenvalue weighted by molar-refractivity contribution is 0.0917. The fourth-order valence-corrected chi connectivity index (χ4v) is 3.21. The summed E-state index contributed by atoms with van der Waals surface area (Å²) in [5.41, 5.74) is 1.93. The summed E-state index contributed by atoms with van der Waals surface area (Å²) in [6, 6.07) is 15.3. The van der Waals surface area contributed by atoms with Crippen molar-refractivity contribution in [2.45, 2.75) is 25.5 Å². The molecule has 1 saturated heterocycles. The zero-order chi connectivity index (χ0) is 17.6. The molecule has 5 nitrogen and oxygen atoms in total. The number of rotatable bonds is 5. The van der Waals surface area contributed by atoms with Gasteiger partial charge in [-0.1, -0.05) is 30.3 Å². The van der Waals surface area contributed by atoms with E-state index in [9.17, 15) is 4.79 Å². The second-order valence-electron chi connectivity index (χ2n) is 6.00. The topological polar surface area (TPSA) is 48.0 Å². The van der Waals surface area contributed by atoms with Crippen molar-refractivity contribution in [1.82, 2.24) is 4.90 Å². The number of carbonyl (C=O) groups excluding carboxylic acids is 1. The monoisotopic (exact) mass is 341 g/mol. The smallest absolute Gasteiger partial charge is 0.410 e. The molecule has 0 aliphatic carbocycles. The van der Waals surface area contributed by atoms with Crippen LogP contribution >= 0.6 is 0 Å². The fourth-order valence-electron chi connectivity index (χ4n) is 3.21. The molecule has 0 aromatic heterocycles. The number of carbonyl (C=O) groups is 1. The van der Waals surface area contributed by atoms with Crippen molar-refractivity contribution in [3.05, 3.63) is 59.7 Å². The SMILES string of the molecule is COc1ccc(OC)c([C@H]2CCCN2C(=O)OCc2ccccc2)c1. The average Bonchev–Trinajstić information content (AvgIpc) is 3.16. The van der Waals surface area contributed by atoms with Crippen molar-refractivity contribution >= 4 is 6.09 Å². The first kappa shape index (κ1) is 17.1. The Morgan fingerprint density at radius 1 is 1.12 bits per heavy atom. The Hall–Kier alpha value is -2.69. The van der Waals surface area contributed by atoms with Gasteiger partial charge in [0.05, 0.1) is 20.3 Å². The molecule has 3 rings (SSSR count). The second-order valence-corrected chi connectivity index (χ2v) is 6.00. The minimum Gasteiger partial charge on any atom is -0.497 e. The summed E-state index contributed by atoms with van der Waals surface area (Å²) < 4.78 is 16.3. The summed E-state index contributed by atoms with van der Waals surface area (Å²) in [6.45, 7) is 0.955. The van der Waals surface area contributed by atoms with Crippen molar-refractivity contribution in [1.29, 1.82) is 0 Å². The standard InChI is InChI=1S/C20H23NO4/c1-23-16-10-11-19(24-2)17(13-16)18-9-6-12-21(18)20(22)25-14-15-7-4-3-5-8-15/h3-5,7-8,10-11,13,18H,6,9,12,14H2,1-2H3/t18-/m1/s1. The van der Waals surface area contributed by atoms with Crippen LogP contribution < -0.4 is 9.47 Å². The number of ether oxygens (including phenoxy) is 3. The summed E-state index contributed by atoms with van der Waals surface area (Å²) in [6.07, 6.45) is 1.52. The molecule has 132 valence electrons. The van der Waals surface area contributed by atoms with Gasteiger partial charge < -0.3 is 19.1 Å². The molecule has 0 N–H and O–H groups in total. The number of amides is 1. The van der Waals surface area contributed by atoms with Gasteiger partial charge in [-0.15, -0.1) is 0 Å². The summed E-state index contributed by atoms with van der Waals surface area (Å²) in [5, 5.41) is 0. The number of hydrogen-bond donors (Lipinski definition) is 0. The van der Waals surface area contributed by atoms with Crippen LogP contribution in [-0.4, -0.2) is 31.8 Å². The van der Waals surface area contributed by atoms with Crippen LogP contribution in [0.5, 0.6) is 11.5 Å². The molecule has 1 aliphatic rings. The van der Waals surface area contributed by atoms with Crippen molar-refractivity contribution in [3.8, 4) is 11.5 Å². The van der Waals surface area contributed by atoms with Crippen molar-refractivity contribution in [2.75, 3.05) is 20.8 Å². The Morgan fingerprint density at radius 3 is 2.64 bits per heavy atom. The minimum absolute atomic E-state index is 0.0617. The first-order valence-electron chi connectivity index (χ1n) is 8.42. The van der Waals surface area contributed by atoms with Crippen LogP contribution in [-0.2, 0) is 11.3 Å². The molecule has 1 aliphatic heterocycles. The molecule has 1 atom stereocenters. The zero-order valence-corrected chi connectivity index (χ0v) is 14.6. The molecule has 1 amide bonds. The highest BCUT2D eigenvalue weighted by Gasteiger charge is 2.33. The van der Waals surface area contributed by atoms with Crippen molar-refractivity contribution in [3.63, 3.8) is 0 Å². The first-order valence-corrected chi connectivity index (χ1v) is 8.42. The highest BCUT2D eigenvalue weighted by atomic mass is 16.6. The van der Waals surface area contributed by atoms with Crippen LogP contribution in [0.15, 0.2) is 48.5 Å². The molecule has 0 bridgehead atoms. The maximum absolute atomic E-state index is 12.6. The number of hydrogen-bond acceptors (Lipinski definition) is 4. The van der Waals surface area contributed by atoms with E-state index in [1.54, 1.807) is 19.1 Å². The molecule has 0 unspecified atom stereocenters. The van der Waals surface area contributed by atoms with Gasteiger partial charge in [-0.3, -0.25) is 0 Å². The van der Waals surface area contributed by atoms with Crippen molar-refractivity contribution < 1.29 is 19.0 Å². The maximum Gasteiger partial charge on any atom is 0.410 e. The predicted octanol–water partition coefficient (Wildman–Crippen LogP) is 4.18. The summed E-state index contributed by atoms with van der Waals surface area (Å²) >= 11 is 0. The van der Waals surface area contributed by atoms with E-state index in [2.05, 4.69) is 0 Å². The maximum atomic E-state index is 12.6. The van der Waals surface area contributed by atoms with Crippen molar-refractivity contribution in [2.24, 2.45) is 0 Å². The Bertz CT molecular complexity index is 717. The first-order chi connectivity index (χ1) is 12.2. The van der Waals surface area contributed by atoms with Gasteiger partial charge in [0.15, 0.2) is 0 Å². The number of nitrogens with zero attached hydrogens (tertiary/aromatic N) is 1.